The number of ether oxygens (including phenoxy) is 2. The van der Waals surface area contributed by atoms with Gasteiger partial charge in [-0.05, 0) is 68.0 Å². The number of nitrogens with zero attached hydrogens (tertiary/aromatic N) is 3. The number of pyridine rings is 1. The maximum atomic E-state index is 13.4. The Morgan fingerprint density at radius 2 is 1.74 bits per heavy atom. The van der Waals surface area contributed by atoms with E-state index in [-0.39, 0.29) is 17.0 Å². The Morgan fingerprint density at radius 3 is 2.40 bits per heavy atom. The number of benzene rings is 2. The molecule has 4 aromatic rings. The number of anilines is 1. The minimum Gasteiger partial charge on any atom is -0.497 e. The molecule has 0 aliphatic carbocycles. The van der Waals surface area contributed by atoms with Crippen molar-refractivity contribution in [2.45, 2.75) is 13.8 Å². The largest absolute Gasteiger partial charge is 0.497 e. The van der Waals surface area contributed by atoms with Gasteiger partial charge in [0.25, 0.3) is 11.5 Å². The van der Waals surface area contributed by atoms with Crippen molar-refractivity contribution in [1.82, 2.24) is 9.38 Å². The van der Waals surface area contributed by atoms with E-state index in [4.69, 9.17) is 9.47 Å². The minimum atomic E-state index is -0.652. The molecule has 4 rings (SSSR count). The topological polar surface area (TPSA) is 106 Å². The predicted octanol–water partition coefficient (Wildman–Crippen LogP) is 4.66. The Morgan fingerprint density at radius 1 is 1.06 bits per heavy atom. The molecule has 0 aliphatic heterocycles. The van der Waals surface area contributed by atoms with Gasteiger partial charge in [-0.3, -0.25) is 14.0 Å². The van der Waals surface area contributed by atoms with E-state index in [1.807, 2.05) is 38.1 Å². The van der Waals surface area contributed by atoms with Crippen molar-refractivity contribution in [2.24, 2.45) is 0 Å². The molecule has 8 nitrogen and oxygen atoms in total. The van der Waals surface area contributed by atoms with E-state index in [1.54, 1.807) is 55.8 Å². The van der Waals surface area contributed by atoms with Gasteiger partial charge in [0.1, 0.15) is 34.4 Å². The van der Waals surface area contributed by atoms with E-state index in [2.05, 4.69) is 10.3 Å². The second-order valence-corrected chi connectivity index (χ2v) is 7.79. The van der Waals surface area contributed by atoms with Gasteiger partial charge in [-0.1, -0.05) is 23.8 Å². The summed E-state index contributed by atoms with van der Waals surface area (Å²) >= 11 is 0. The third kappa shape index (κ3) is 5.04. The van der Waals surface area contributed by atoms with Crippen molar-refractivity contribution < 1.29 is 14.3 Å². The summed E-state index contributed by atoms with van der Waals surface area (Å²) in [4.78, 5) is 30.8. The summed E-state index contributed by atoms with van der Waals surface area (Å²) < 4.78 is 12.5. The molecular weight excluding hydrogens is 444 g/mol. The molecule has 0 saturated heterocycles. The number of amides is 1. The molecule has 1 N–H and O–H groups in total. The number of nitriles is 1. The first-order valence-corrected chi connectivity index (χ1v) is 10.7. The van der Waals surface area contributed by atoms with Crippen LogP contribution < -0.4 is 20.3 Å². The molecule has 0 atom stereocenters. The maximum Gasteiger partial charge on any atom is 0.269 e. The van der Waals surface area contributed by atoms with Gasteiger partial charge in [-0.2, -0.15) is 10.2 Å². The number of aryl methyl sites for hydroxylation is 2. The van der Waals surface area contributed by atoms with Crippen molar-refractivity contribution in [3.05, 3.63) is 99.5 Å². The Labute approximate surface area is 201 Å². The lowest BCUT2D eigenvalue weighted by Gasteiger charge is -2.12. The van der Waals surface area contributed by atoms with Gasteiger partial charge in [0.05, 0.1) is 7.11 Å². The van der Waals surface area contributed by atoms with Gasteiger partial charge < -0.3 is 14.8 Å². The fourth-order valence-electron chi connectivity index (χ4n) is 3.38. The van der Waals surface area contributed by atoms with E-state index >= 15 is 0 Å². The van der Waals surface area contributed by atoms with Crippen LogP contribution in [-0.2, 0) is 4.79 Å². The number of nitrogens with one attached hydrogen (secondary N) is 1. The number of fused-ring (bicyclic) bond motifs is 1. The van der Waals surface area contributed by atoms with Crippen LogP contribution in [0, 0.1) is 25.2 Å². The summed E-state index contributed by atoms with van der Waals surface area (Å²) in [7, 11) is 1.55. The van der Waals surface area contributed by atoms with Crippen molar-refractivity contribution in [3.63, 3.8) is 0 Å². The van der Waals surface area contributed by atoms with Crippen molar-refractivity contribution in [3.8, 4) is 23.4 Å². The zero-order chi connectivity index (χ0) is 24.9. The molecule has 8 heteroatoms. The highest BCUT2D eigenvalue weighted by Gasteiger charge is 2.18. The van der Waals surface area contributed by atoms with Crippen LogP contribution in [0.3, 0.4) is 0 Å². The Hall–Kier alpha value is -4.90. The van der Waals surface area contributed by atoms with Crippen LogP contribution in [0.2, 0.25) is 0 Å². The second kappa shape index (κ2) is 9.93. The van der Waals surface area contributed by atoms with E-state index < -0.39 is 11.5 Å². The SMILES string of the molecule is COc1ccc(Oc2nc3c(C)cccn3c(=O)c2/C=C(\C#N)C(=O)Nc2ccc(C)cc2)cc1. The summed E-state index contributed by atoms with van der Waals surface area (Å²) in [5, 5.41) is 12.4. The smallest absolute Gasteiger partial charge is 0.269 e. The fourth-order valence-corrected chi connectivity index (χ4v) is 3.38. The van der Waals surface area contributed by atoms with Gasteiger partial charge in [0, 0.05) is 11.9 Å². The zero-order valence-electron chi connectivity index (χ0n) is 19.4. The number of methoxy groups -OCH3 is 1. The normalized spacial score (nSPS) is 11.1. The third-order valence-corrected chi connectivity index (χ3v) is 5.29. The van der Waals surface area contributed by atoms with E-state index in [9.17, 15) is 14.9 Å². The molecule has 174 valence electrons. The number of carbonyl (C=O) groups is 1. The molecule has 2 aromatic heterocycles. The van der Waals surface area contributed by atoms with Gasteiger partial charge in [-0.15, -0.1) is 0 Å². The van der Waals surface area contributed by atoms with Crippen LogP contribution >= 0.6 is 0 Å². The Bertz CT molecular complexity index is 1530. The summed E-state index contributed by atoms with van der Waals surface area (Å²) in [5.41, 5.74) is 1.96. The summed E-state index contributed by atoms with van der Waals surface area (Å²) in [5.74, 6) is 0.373. The third-order valence-electron chi connectivity index (χ3n) is 5.29. The first-order valence-electron chi connectivity index (χ1n) is 10.7. The summed E-state index contributed by atoms with van der Waals surface area (Å²) in [6.07, 6.45) is 2.77. The molecule has 0 unspecified atom stereocenters. The number of hydrogen-bond donors (Lipinski definition) is 1. The lowest BCUT2D eigenvalue weighted by atomic mass is 10.1. The van der Waals surface area contributed by atoms with Crippen LogP contribution in [0.4, 0.5) is 5.69 Å². The van der Waals surface area contributed by atoms with Crippen LogP contribution in [0.5, 0.6) is 17.4 Å². The average molecular weight is 466 g/mol. The van der Waals surface area contributed by atoms with Crippen LogP contribution in [0.15, 0.2) is 77.2 Å². The number of carbonyl (C=O) groups excluding carboxylic acids is 1. The highest BCUT2D eigenvalue weighted by Crippen LogP contribution is 2.26. The van der Waals surface area contributed by atoms with Gasteiger partial charge in [0.15, 0.2) is 0 Å². The minimum absolute atomic E-state index is 0.0228. The van der Waals surface area contributed by atoms with Crippen molar-refractivity contribution in [2.75, 3.05) is 12.4 Å². The second-order valence-electron chi connectivity index (χ2n) is 7.79. The molecular formula is C27H22N4O4. The predicted molar refractivity (Wildman–Crippen MR) is 133 cm³/mol. The number of aromatic nitrogens is 2. The molecule has 0 radical (unpaired) electrons. The molecule has 0 aliphatic rings. The van der Waals surface area contributed by atoms with Crippen LogP contribution in [0.25, 0.3) is 11.7 Å². The summed E-state index contributed by atoms with van der Waals surface area (Å²) in [6, 6.07) is 19.3. The lowest BCUT2D eigenvalue weighted by molar-refractivity contribution is -0.112. The van der Waals surface area contributed by atoms with Gasteiger partial charge in [-0.25, -0.2) is 0 Å². The van der Waals surface area contributed by atoms with E-state index in [0.29, 0.717) is 22.8 Å². The fraction of sp³-hybridized carbons (Fsp3) is 0.111. The maximum absolute atomic E-state index is 13.4. The van der Waals surface area contributed by atoms with E-state index in [0.717, 1.165) is 11.1 Å². The molecule has 1 amide bonds. The number of hydrogen-bond acceptors (Lipinski definition) is 6. The average Bonchev–Trinajstić information content (AvgIpc) is 2.86. The highest BCUT2D eigenvalue weighted by atomic mass is 16.5. The molecule has 2 heterocycles. The Balaban J connectivity index is 1.80. The first-order chi connectivity index (χ1) is 16.9. The summed E-state index contributed by atoms with van der Waals surface area (Å²) in [6.45, 7) is 3.75. The van der Waals surface area contributed by atoms with Crippen molar-refractivity contribution in [1.29, 1.82) is 5.26 Å². The standard InChI is InChI=1S/C27H22N4O4/c1-17-6-8-20(9-7-17)29-25(32)19(16-28)15-23-26(35-22-12-10-21(34-3)11-13-22)30-24-18(2)5-4-14-31(24)27(23)33/h4-15H,1-3H3,(H,29,32)/b19-15+. The Kier molecular flexibility index (Phi) is 6.60. The molecule has 2 aromatic carbocycles. The zero-order valence-corrected chi connectivity index (χ0v) is 19.4. The molecule has 0 spiro atoms. The molecule has 0 fully saturated rings. The molecule has 0 bridgehead atoms. The van der Waals surface area contributed by atoms with Gasteiger partial charge in [0.2, 0.25) is 5.88 Å². The van der Waals surface area contributed by atoms with Crippen LogP contribution in [0.1, 0.15) is 16.7 Å². The monoisotopic (exact) mass is 466 g/mol. The lowest BCUT2D eigenvalue weighted by Crippen LogP contribution is -2.20. The molecule has 35 heavy (non-hydrogen) atoms. The van der Waals surface area contributed by atoms with Crippen molar-refractivity contribution >= 4 is 23.3 Å². The quantitative estimate of drug-likeness (QED) is 0.327. The van der Waals surface area contributed by atoms with E-state index in [1.165, 1.54) is 10.5 Å². The first kappa shape index (κ1) is 23.3. The highest BCUT2D eigenvalue weighted by molar-refractivity contribution is 6.09. The number of rotatable bonds is 6. The van der Waals surface area contributed by atoms with Gasteiger partial charge >= 0.3 is 0 Å². The molecule has 0 saturated carbocycles. The van der Waals surface area contributed by atoms with Crippen LogP contribution in [-0.4, -0.2) is 22.4 Å².